The highest BCUT2D eigenvalue weighted by Gasteiger charge is 2.63. The molecule has 53 heavy (non-hydrogen) atoms. The smallest absolute Gasteiger partial charge is 0.251 e. The number of allylic oxidation sites excluding steroid dienone is 1. The van der Waals surface area contributed by atoms with Crippen LogP contribution in [-0.4, -0.2) is 45.0 Å². The molecule has 8 unspecified atom stereocenters. The highest BCUT2D eigenvalue weighted by atomic mass is 16.3. The quantitative estimate of drug-likeness (QED) is 0.212. The molecule has 6 nitrogen and oxygen atoms in total. The average molecular weight is 730 g/mol. The van der Waals surface area contributed by atoms with Gasteiger partial charge in [-0.25, -0.2) is 0 Å². The molecule has 0 radical (unpaired) electrons. The standard InChI is InChI=1S/C42H62N2O2.C3H6.CH5N.CH2O/c1-29(2)10-8-22-41(4)37-19-18-34-35(40(37,3)24-21-38(41)45)20-25-42(23-9-13-36(34)42)27-31-11-7-12-32(26-31)39(46)43-28-30-14-16-33(17-15-30)44(5)6;1-3-2;2*1-2/h7,11-12,14-17,26,29,34-38,45H,8-10,13,18-25,27-28H2,1-6H3,(H,43,46);3H,1H2,2H3;2H2,1H3;1H2. The van der Waals surface area contributed by atoms with E-state index in [2.05, 4.69) is 92.7 Å². The van der Waals surface area contributed by atoms with Crippen LogP contribution < -0.4 is 16.0 Å². The zero-order valence-corrected chi connectivity index (χ0v) is 34.8. The van der Waals surface area contributed by atoms with Crippen LogP contribution in [0.3, 0.4) is 0 Å². The van der Waals surface area contributed by atoms with Crippen LogP contribution in [0.4, 0.5) is 5.69 Å². The number of nitrogens with zero attached hydrogens (tertiary/aromatic N) is 1. The fraction of sp³-hybridized carbons (Fsp3) is 0.660. The number of aliphatic hydroxyl groups excluding tert-OH is 1. The minimum absolute atomic E-state index is 0.0184. The van der Waals surface area contributed by atoms with E-state index in [0.717, 1.165) is 53.3 Å². The van der Waals surface area contributed by atoms with Gasteiger partial charge in [-0.2, -0.15) is 0 Å². The summed E-state index contributed by atoms with van der Waals surface area (Å²) in [7, 11) is 5.59. The molecular formula is C47H75N3O3. The molecule has 4 aliphatic rings. The van der Waals surface area contributed by atoms with Gasteiger partial charge in [-0.1, -0.05) is 77.3 Å². The molecule has 2 aromatic carbocycles. The van der Waals surface area contributed by atoms with Crippen molar-refractivity contribution in [2.24, 2.45) is 51.6 Å². The van der Waals surface area contributed by atoms with Gasteiger partial charge in [0.1, 0.15) is 6.79 Å². The van der Waals surface area contributed by atoms with E-state index in [1.54, 1.807) is 6.08 Å². The Balaban J connectivity index is 0.00000101. The predicted molar refractivity (Wildman–Crippen MR) is 224 cm³/mol. The number of aliphatic hydroxyl groups is 1. The van der Waals surface area contributed by atoms with Crippen LogP contribution >= 0.6 is 0 Å². The monoisotopic (exact) mass is 730 g/mol. The lowest BCUT2D eigenvalue weighted by Gasteiger charge is -2.65. The fourth-order valence-corrected chi connectivity index (χ4v) is 11.7. The van der Waals surface area contributed by atoms with Crippen molar-refractivity contribution < 1.29 is 14.7 Å². The Bertz CT molecular complexity index is 1420. The van der Waals surface area contributed by atoms with Crippen molar-refractivity contribution in [1.82, 2.24) is 5.32 Å². The Morgan fingerprint density at radius 3 is 2.28 bits per heavy atom. The average Bonchev–Trinajstić information content (AvgIpc) is 3.58. The van der Waals surface area contributed by atoms with Crippen LogP contribution in [0.25, 0.3) is 0 Å². The summed E-state index contributed by atoms with van der Waals surface area (Å²) < 4.78 is 0. The van der Waals surface area contributed by atoms with Gasteiger partial charge in [0.15, 0.2) is 0 Å². The van der Waals surface area contributed by atoms with Gasteiger partial charge in [-0.05, 0) is 159 Å². The zero-order valence-electron chi connectivity index (χ0n) is 34.8. The van der Waals surface area contributed by atoms with Gasteiger partial charge < -0.3 is 25.9 Å². The van der Waals surface area contributed by atoms with Crippen LogP contribution in [0.1, 0.15) is 133 Å². The van der Waals surface area contributed by atoms with Gasteiger partial charge >= 0.3 is 0 Å². The lowest BCUT2D eigenvalue weighted by molar-refractivity contribution is -0.185. The van der Waals surface area contributed by atoms with E-state index in [9.17, 15) is 9.90 Å². The van der Waals surface area contributed by atoms with Gasteiger partial charge in [-0.15, -0.1) is 6.58 Å². The zero-order chi connectivity index (χ0) is 39.4. The first kappa shape index (κ1) is 44.4. The molecule has 4 aliphatic carbocycles. The maximum absolute atomic E-state index is 13.3. The number of carbonyl (C=O) groups excluding carboxylic acids is 2. The Kier molecular flexibility index (Phi) is 16.9. The van der Waals surface area contributed by atoms with E-state index in [0.29, 0.717) is 23.3 Å². The fourth-order valence-electron chi connectivity index (χ4n) is 11.7. The molecule has 6 rings (SSSR count). The SMILES string of the molecule is C=CC.C=O.CC(C)CCCC1(C)C(O)CCC2(C)C3CCC4(Cc5cccc(C(=O)NCc6ccc(N(C)C)cc6)c5)CCCC4C3CCC12.CN. The topological polar surface area (TPSA) is 95.7 Å². The summed E-state index contributed by atoms with van der Waals surface area (Å²) in [4.78, 5) is 23.3. The van der Waals surface area contributed by atoms with Gasteiger partial charge in [0.05, 0.1) is 6.10 Å². The number of carbonyl (C=O) groups is 2. The molecule has 0 heterocycles. The second-order valence-corrected chi connectivity index (χ2v) is 17.7. The molecule has 1 amide bonds. The van der Waals surface area contributed by atoms with Gasteiger partial charge in [0.25, 0.3) is 5.91 Å². The Hall–Kier alpha value is -2.96. The molecule has 0 spiro atoms. The summed E-state index contributed by atoms with van der Waals surface area (Å²) in [5, 5.41) is 14.6. The van der Waals surface area contributed by atoms with E-state index >= 15 is 0 Å². The van der Waals surface area contributed by atoms with E-state index in [4.69, 9.17) is 4.79 Å². The molecule has 4 fully saturated rings. The molecule has 2 aromatic rings. The third kappa shape index (κ3) is 10.0. The number of benzene rings is 2. The maximum Gasteiger partial charge on any atom is 0.251 e. The highest BCUT2D eigenvalue weighted by molar-refractivity contribution is 5.94. The minimum Gasteiger partial charge on any atom is -0.393 e. The minimum atomic E-state index is -0.142. The van der Waals surface area contributed by atoms with Crippen molar-refractivity contribution in [3.05, 3.63) is 77.9 Å². The van der Waals surface area contributed by atoms with Gasteiger partial charge in [0, 0.05) is 31.9 Å². The molecule has 8 atom stereocenters. The van der Waals surface area contributed by atoms with Crippen LogP contribution in [0.15, 0.2) is 61.2 Å². The summed E-state index contributed by atoms with van der Waals surface area (Å²) in [6.45, 7) is 17.6. The third-order valence-electron chi connectivity index (χ3n) is 14.1. The predicted octanol–water partition coefficient (Wildman–Crippen LogP) is 10.0. The third-order valence-corrected chi connectivity index (χ3v) is 14.1. The van der Waals surface area contributed by atoms with E-state index in [1.807, 2.05) is 33.9 Å². The summed E-state index contributed by atoms with van der Waals surface area (Å²) in [5.74, 6) is 3.81. The highest BCUT2D eigenvalue weighted by Crippen LogP contribution is 2.69. The number of nitrogens with two attached hydrogens (primary N) is 1. The second-order valence-electron chi connectivity index (χ2n) is 17.7. The molecule has 4 N–H and O–H groups in total. The second kappa shape index (κ2) is 20.1. The number of anilines is 1. The number of nitrogens with one attached hydrogen (secondary N) is 1. The maximum atomic E-state index is 13.3. The number of rotatable bonds is 10. The number of hydrogen-bond acceptors (Lipinski definition) is 5. The van der Waals surface area contributed by atoms with Gasteiger partial charge in [0.2, 0.25) is 0 Å². The Labute approximate surface area is 323 Å². The largest absolute Gasteiger partial charge is 0.393 e. The molecular weight excluding hydrogens is 655 g/mol. The summed E-state index contributed by atoms with van der Waals surface area (Å²) in [6.07, 6.45) is 18.0. The first-order valence-electron chi connectivity index (χ1n) is 20.6. The Morgan fingerprint density at radius 2 is 1.64 bits per heavy atom. The van der Waals surface area contributed by atoms with Crippen LogP contribution in [0.5, 0.6) is 0 Å². The molecule has 0 bridgehead atoms. The van der Waals surface area contributed by atoms with Crippen LogP contribution in [-0.2, 0) is 17.8 Å². The van der Waals surface area contributed by atoms with Crippen molar-refractivity contribution in [3.8, 4) is 0 Å². The molecule has 0 saturated heterocycles. The number of fused-ring (bicyclic) bond motifs is 5. The Morgan fingerprint density at radius 1 is 0.962 bits per heavy atom. The van der Waals surface area contributed by atoms with Crippen molar-refractivity contribution >= 4 is 18.4 Å². The molecule has 0 aliphatic heterocycles. The lowest BCUT2D eigenvalue weighted by atomic mass is 9.40. The normalized spacial score (nSPS) is 31.0. The lowest BCUT2D eigenvalue weighted by Crippen LogP contribution is -2.60. The number of hydrogen-bond donors (Lipinski definition) is 3. The summed E-state index contributed by atoms with van der Waals surface area (Å²) in [6, 6.07) is 16.9. The first-order chi connectivity index (χ1) is 25.4. The van der Waals surface area contributed by atoms with Crippen molar-refractivity contribution in [3.63, 3.8) is 0 Å². The molecule has 296 valence electrons. The van der Waals surface area contributed by atoms with E-state index in [1.165, 1.54) is 83.2 Å². The van der Waals surface area contributed by atoms with E-state index in [-0.39, 0.29) is 17.4 Å². The summed E-state index contributed by atoms with van der Waals surface area (Å²) >= 11 is 0. The molecule has 4 saturated carbocycles. The van der Waals surface area contributed by atoms with Crippen molar-refractivity contribution in [2.45, 2.75) is 131 Å². The number of amides is 1. The van der Waals surface area contributed by atoms with Gasteiger partial charge in [-0.3, -0.25) is 4.79 Å². The van der Waals surface area contributed by atoms with Crippen molar-refractivity contribution in [1.29, 1.82) is 0 Å². The first-order valence-corrected chi connectivity index (χ1v) is 20.6. The van der Waals surface area contributed by atoms with Crippen LogP contribution in [0.2, 0.25) is 0 Å². The molecule has 0 aromatic heterocycles. The summed E-state index contributed by atoms with van der Waals surface area (Å²) in [5.41, 5.74) is 9.70. The van der Waals surface area contributed by atoms with Crippen LogP contribution in [0, 0.1) is 45.8 Å². The van der Waals surface area contributed by atoms with E-state index < -0.39 is 0 Å². The van der Waals surface area contributed by atoms with Crippen molar-refractivity contribution in [2.75, 3.05) is 26.0 Å². The molecule has 6 heteroatoms.